The van der Waals surface area contributed by atoms with Gasteiger partial charge in [-0.05, 0) is 44.1 Å². The molecule has 148 valence electrons. The van der Waals surface area contributed by atoms with Gasteiger partial charge in [0.2, 0.25) is 5.91 Å². The average molecular weight is 373 g/mol. The number of aliphatic hydroxyl groups excluding tert-OH is 1. The van der Waals surface area contributed by atoms with Crippen molar-refractivity contribution >= 4 is 11.9 Å². The van der Waals surface area contributed by atoms with Crippen molar-refractivity contribution in [1.82, 2.24) is 4.90 Å². The highest BCUT2D eigenvalue weighted by molar-refractivity contribution is 5.81. The third-order valence-electron chi connectivity index (χ3n) is 6.41. The number of carboxylic acids is 1. The van der Waals surface area contributed by atoms with E-state index >= 15 is 0 Å². The fraction of sp³-hybridized carbons (Fsp3) is 0.636. The van der Waals surface area contributed by atoms with Crippen LogP contribution >= 0.6 is 0 Å². The predicted molar refractivity (Wildman–Crippen MR) is 103 cm³/mol. The number of hydrogen-bond donors (Lipinski definition) is 2. The molecule has 2 N–H and O–H groups in total. The Kier molecular flexibility index (Phi) is 6.53. The summed E-state index contributed by atoms with van der Waals surface area (Å²) >= 11 is 0. The van der Waals surface area contributed by atoms with Gasteiger partial charge in [-0.3, -0.25) is 9.59 Å². The highest BCUT2D eigenvalue weighted by Gasteiger charge is 2.50. The van der Waals surface area contributed by atoms with Gasteiger partial charge in [-0.2, -0.15) is 0 Å². The third-order valence-corrected chi connectivity index (χ3v) is 6.41. The molecule has 2 fully saturated rings. The molecule has 5 nitrogen and oxygen atoms in total. The molecule has 1 aromatic rings. The Hall–Kier alpha value is -1.88. The molecule has 3 rings (SSSR count). The van der Waals surface area contributed by atoms with Gasteiger partial charge in [0.25, 0.3) is 0 Å². The first-order chi connectivity index (χ1) is 13.0. The second-order valence-corrected chi connectivity index (χ2v) is 8.20. The predicted octanol–water partition coefficient (Wildman–Crippen LogP) is 3.25. The molecular weight excluding hydrogens is 342 g/mol. The molecule has 0 unspecified atom stereocenters. The van der Waals surface area contributed by atoms with Crippen LogP contribution in [0.4, 0.5) is 0 Å². The minimum Gasteiger partial charge on any atom is -0.481 e. The number of likely N-dealkylation sites (tertiary alicyclic amines) is 1. The third kappa shape index (κ3) is 4.52. The zero-order chi connectivity index (χ0) is 19.3. The number of carboxylic acid groups (broad SMARTS) is 1. The number of aliphatic carboxylic acids is 1. The maximum atomic E-state index is 12.9. The average Bonchev–Trinajstić information content (AvgIpc) is 2.70. The summed E-state index contributed by atoms with van der Waals surface area (Å²) in [6.07, 6.45) is 6.43. The Morgan fingerprint density at radius 1 is 1.07 bits per heavy atom. The highest BCUT2D eigenvalue weighted by Crippen LogP contribution is 2.37. The first-order valence-electron chi connectivity index (χ1n) is 10.3. The van der Waals surface area contributed by atoms with Crippen LogP contribution in [-0.2, 0) is 16.0 Å². The van der Waals surface area contributed by atoms with Crippen LogP contribution in [0.15, 0.2) is 30.3 Å². The van der Waals surface area contributed by atoms with Crippen LogP contribution in [0.1, 0.15) is 56.9 Å². The zero-order valence-electron chi connectivity index (χ0n) is 16.0. The highest BCUT2D eigenvalue weighted by atomic mass is 16.4. The standard InChI is InChI=1S/C22H31NO4/c24-19-13-15-23(20(25)18-11-5-2-6-12-18)16-22(19,21(26)27)14-7-10-17-8-3-1-4-9-17/h1,3-4,8-9,18-19,24H,2,5-7,10-16H2,(H,26,27)/t19-,22-/m1/s1. The number of rotatable bonds is 6. The number of nitrogens with zero attached hydrogens (tertiary/aromatic N) is 1. The Labute approximate surface area is 161 Å². The molecular formula is C22H31NO4. The Morgan fingerprint density at radius 2 is 1.78 bits per heavy atom. The van der Waals surface area contributed by atoms with Crippen LogP contribution in [-0.4, -0.2) is 46.2 Å². The normalized spacial score (nSPS) is 26.7. The second-order valence-electron chi connectivity index (χ2n) is 8.20. The van der Waals surface area contributed by atoms with Crippen LogP contribution in [0.3, 0.4) is 0 Å². The molecule has 1 saturated carbocycles. The van der Waals surface area contributed by atoms with Crippen molar-refractivity contribution in [2.24, 2.45) is 11.3 Å². The molecule has 1 heterocycles. The van der Waals surface area contributed by atoms with E-state index in [1.165, 1.54) is 12.0 Å². The van der Waals surface area contributed by atoms with E-state index in [2.05, 4.69) is 0 Å². The molecule has 1 amide bonds. The van der Waals surface area contributed by atoms with Gasteiger partial charge in [-0.15, -0.1) is 0 Å². The first-order valence-corrected chi connectivity index (χ1v) is 10.3. The van der Waals surface area contributed by atoms with E-state index in [0.717, 1.165) is 32.1 Å². The second kappa shape index (κ2) is 8.87. The van der Waals surface area contributed by atoms with Gasteiger partial charge in [0.15, 0.2) is 0 Å². The number of amides is 1. The topological polar surface area (TPSA) is 77.8 Å². The maximum Gasteiger partial charge on any atom is 0.314 e. The van der Waals surface area contributed by atoms with E-state index in [9.17, 15) is 19.8 Å². The van der Waals surface area contributed by atoms with Crippen molar-refractivity contribution in [2.45, 2.75) is 63.9 Å². The summed E-state index contributed by atoms with van der Waals surface area (Å²) in [6, 6.07) is 9.97. The molecule has 0 radical (unpaired) electrons. The fourth-order valence-corrected chi connectivity index (χ4v) is 4.69. The summed E-state index contributed by atoms with van der Waals surface area (Å²) < 4.78 is 0. The SMILES string of the molecule is O=C(C1CCCCC1)N1CC[C@@H](O)[C@](CCCc2ccccc2)(C(=O)O)C1. The Morgan fingerprint density at radius 3 is 2.44 bits per heavy atom. The van der Waals surface area contributed by atoms with E-state index in [4.69, 9.17) is 0 Å². The van der Waals surface area contributed by atoms with Crippen LogP contribution < -0.4 is 0 Å². The van der Waals surface area contributed by atoms with Crippen LogP contribution in [0.25, 0.3) is 0 Å². The zero-order valence-corrected chi connectivity index (χ0v) is 16.0. The lowest BCUT2D eigenvalue weighted by Gasteiger charge is -2.44. The van der Waals surface area contributed by atoms with E-state index in [-0.39, 0.29) is 18.4 Å². The van der Waals surface area contributed by atoms with E-state index in [0.29, 0.717) is 25.8 Å². The smallest absolute Gasteiger partial charge is 0.314 e. The lowest BCUT2D eigenvalue weighted by atomic mass is 9.73. The van der Waals surface area contributed by atoms with Gasteiger partial charge in [0, 0.05) is 19.0 Å². The van der Waals surface area contributed by atoms with Crippen molar-refractivity contribution < 1.29 is 19.8 Å². The van der Waals surface area contributed by atoms with Crippen molar-refractivity contribution in [3.8, 4) is 0 Å². The van der Waals surface area contributed by atoms with E-state index in [1.54, 1.807) is 4.90 Å². The summed E-state index contributed by atoms with van der Waals surface area (Å²) in [5.74, 6) is -0.857. The number of aliphatic hydroxyl groups is 1. The van der Waals surface area contributed by atoms with Crippen molar-refractivity contribution in [1.29, 1.82) is 0 Å². The molecule has 0 aromatic heterocycles. The largest absolute Gasteiger partial charge is 0.481 e. The molecule has 0 bridgehead atoms. The van der Waals surface area contributed by atoms with Crippen molar-refractivity contribution in [3.63, 3.8) is 0 Å². The van der Waals surface area contributed by atoms with Gasteiger partial charge >= 0.3 is 5.97 Å². The molecule has 27 heavy (non-hydrogen) atoms. The molecule has 2 atom stereocenters. The number of aryl methyl sites for hydroxylation is 1. The van der Waals surface area contributed by atoms with Crippen LogP contribution in [0.5, 0.6) is 0 Å². The van der Waals surface area contributed by atoms with Crippen LogP contribution in [0.2, 0.25) is 0 Å². The summed E-state index contributed by atoms with van der Waals surface area (Å²) in [7, 11) is 0. The lowest BCUT2D eigenvalue weighted by Crippen LogP contribution is -2.58. The van der Waals surface area contributed by atoms with Gasteiger partial charge in [0.05, 0.1) is 6.10 Å². The van der Waals surface area contributed by atoms with E-state index < -0.39 is 17.5 Å². The quantitative estimate of drug-likeness (QED) is 0.802. The molecule has 5 heteroatoms. The Balaban J connectivity index is 1.67. The minimum absolute atomic E-state index is 0.0322. The summed E-state index contributed by atoms with van der Waals surface area (Å²) in [5, 5.41) is 20.5. The Bertz CT molecular complexity index is 641. The van der Waals surface area contributed by atoms with Gasteiger partial charge < -0.3 is 15.1 Å². The number of carbonyl (C=O) groups excluding carboxylic acids is 1. The minimum atomic E-state index is -1.25. The van der Waals surface area contributed by atoms with Crippen molar-refractivity contribution in [2.75, 3.05) is 13.1 Å². The number of hydrogen-bond acceptors (Lipinski definition) is 3. The van der Waals surface area contributed by atoms with E-state index in [1.807, 2.05) is 30.3 Å². The monoisotopic (exact) mass is 373 g/mol. The number of piperidine rings is 1. The maximum absolute atomic E-state index is 12.9. The van der Waals surface area contributed by atoms with Gasteiger partial charge in [-0.1, -0.05) is 49.6 Å². The first kappa shape index (κ1) is 19.9. The molecule has 1 saturated heterocycles. The summed E-state index contributed by atoms with van der Waals surface area (Å²) in [4.78, 5) is 26.8. The van der Waals surface area contributed by atoms with Gasteiger partial charge in [0.1, 0.15) is 5.41 Å². The summed E-state index contributed by atoms with van der Waals surface area (Å²) in [5.41, 5.74) is -0.0874. The molecule has 0 spiro atoms. The van der Waals surface area contributed by atoms with Gasteiger partial charge in [-0.25, -0.2) is 0 Å². The summed E-state index contributed by atoms with van der Waals surface area (Å²) in [6.45, 7) is 0.595. The van der Waals surface area contributed by atoms with Crippen LogP contribution in [0, 0.1) is 11.3 Å². The number of carbonyl (C=O) groups is 2. The molecule has 2 aliphatic rings. The fourth-order valence-electron chi connectivity index (χ4n) is 4.69. The lowest BCUT2D eigenvalue weighted by molar-refractivity contribution is -0.168. The molecule has 1 aromatic carbocycles. The molecule has 1 aliphatic heterocycles. The number of benzene rings is 1. The van der Waals surface area contributed by atoms with Crippen molar-refractivity contribution in [3.05, 3.63) is 35.9 Å². The molecule has 1 aliphatic carbocycles.